The number of likely N-dealkylation sites (tertiary alicyclic amines) is 1. The van der Waals surface area contributed by atoms with Gasteiger partial charge in [-0.25, -0.2) is 19.0 Å². The number of hydrogen-bond acceptors (Lipinski definition) is 9. The van der Waals surface area contributed by atoms with E-state index >= 15 is 0 Å². The first kappa shape index (κ1) is 35.9. The molecule has 1 atom stereocenters. The van der Waals surface area contributed by atoms with E-state index in [0.29, 0.717) is 36.4 Å². The monoisotopic (exact) mass is 760 g/mol. The van der Waals surface area contributed by atoms with Crippen LogP contribution in [-0.2, 0) is 26.2 Å². The summed E-state index contributed by atoms with van der Waals surface area (Å²) in [6.07, 6.45) is 0.280. The molecule has 252 valence electrons. The highest BCUT2D eigenvalue weighted by molar-refractivity contribution is 6.20. The molecular weight excluding hydrogens is 719 g/mol. The van der Waals surface area contributed by atoms with Crippen molar-refractivity contribution in [1.82, 2.24) is 9.96 Å². The predicted octanol–water partition coefficient (Wildman–Crippen LogP) is 1.26. The Hall–Kier alpha value is -3.98. The molecule has 13 heteroatoms. The number of aryl methyl sites for hydroxylation is 1. The van der Waals surface area contributed by atoms with E-state index in [-0.39, 0.29) is 47.8 Å². The van der Waals surface area contributed by atoms with Gasteiger partial charge in [0.15, 0.2) is 0 Å². The van der Waals surface area contributed by atoms with E-state index in [1.807, 2.05) is 56.8 Å². The number of hydrogen-bond donors (Lipinski definition) is 1. The average molecular weight is 761 g/mol. The van der Waals surface area contributed by atoms with E-state index in [1.165, 1.54) is 12.1 Å². The second-order valence-corrected chi connectivity index (χ2v) is 13.6. The first-order valence-corrected chi connectivity index (χ1v) is 15.2. The number of anilines is 1. The zero-order chi connectivity index (χ0) is 33.4. The Balaban J connectivity index is 0.00000500. The van der Waals surface area contributed by atoms with Gasteiger partial charge in [0.2, 0.25) is 6.10 Å². The third kappa shape index (κ3) is 8.69. The van der Waals surface area contributed by atoms with Crippen LogP contribution in [0.3, 0.4) is 0 Å². The van der Waals surface area contributed by atoms with Gasteiger partial charge in [-0.1, -0.05) is 18.2 Å². The summed E-state index contributed by atoms with van der Waals surface area (Å²) in [6, 6.07) is 13.9. The largest absolute Gasteiger partial charge is 1.00 e. The lowest BCUT2D eigenvalue weighted by Gasteiger charge is -2.38. The van der Waals surface area contributed by atoms with Gasteiger partial charge in [0.05, 0.1) is 30.9 Å². The van der Waals surface area contributed by atoms with E-state index in [4.69, 9.17) is 19.0 Å². The summed E-state index contributed by atoms with van der Waals surface area (Å²) in [7, 11) is 1.93. The van der Waals surface area contributed by atoms with Crippen LogP contribution in [0.15, 0.2) is 54.7 Å². The predicted molar refractivity (Wildman–Crippen MR) is 168 cm³/mol. The number of nitrogens with zero attached hydrogens (tertiary/aromatic N) is 3. The van der Waals surface area contributed by atoms with Crippen LogP contribution < -0.4 is 38.6 Å². The highest BCUT2D eigenvalue weighted by Crippen LogP contribution is 2.26. The number of amides is 3. The summed E-state index contributed by atoms with van der Waals surface area (Å²) in [5, 5.41) is 5.92. The third-order valence-corrected chi connectivity index (χ3v) is 7.30. The van der Waals surface area contributed by atoms with Crippen molar-refractivity contribution < 1.29 is 66.8 Å². The number of pyridine rings is 1. The zero-order valence-electron chi connectivity index (χ0n) is 27.7. The summed E-state index contributed by atoms with van der Waals surface area (Å²) in [5.74, 6) is -0.392. The van der Waals surface area contributed by atoms with Crippen LogP contribution >= 0.6 is 0 Å². The maximum Gasteiger partial charge on any atom is 0.410 e. The number of esters is 1. The Kier molecular flexibility index (Phi) is 10.7. The number of benzene rings is 2. The summed E-state index contributed by atoms with van der Waals surface area (Å²) < 4.78 is 18.9. The fourth-order valence-corrected chi connectivity index (χ4v) is 5.08. The Labute approximate surface area is 291 Å². The lowest BCUT2D eigenvalue weighted by Crippen LogP contribution is -3.00. The second-order valence-electron chi connectivity index (χ2n) is 13.6. The molecule has 3 heterocycles. The number of rotatable bonds is 9. The standard InChI is InChI=1S/C34H40N4O8.HI/c1-33(2,3)44-31(41)27(46-38-29(39)25-10-8-9-11-26(25)30(38)40)20-43-24-13-12-22-15-28(36(7)19-23(22)14-24)35-16-21-17-37(18-21)32(42)45-34(4,5)6;/h8-15,19,21,27H,16-18,20H2,1-7H3;1H. The first-order chi connectivity index (χ1) is 21.6. The molecule has 1 N–H and O–H groups in total. The van der Waals surface area contributed by atoms with Crippen molar-refractivity contribution >= 4 is 40.5 Å². The first-order valence-electron chi connectivity index (χ1n) is 15.2. The maximum absolute atomic E-state index is 13.1. The number of fused-ring (bicyclic) bond motifs is 2. The van der Waals surface area contributed by atoms with Gasteiger partial charge in [-0.05, 0) is 71.2 Å². The molecule has 1 saturated heterocycles. The minimum absolute atomic E-state index is 0. The second kappa shape index (κ2) is 14.0. The average Bonchev–Trinajstić information content (AvgIpc) is 3.17. The van der Waals surface area contributed by atoms with Crippen molar-refractivity contribution in [2.45, 2.75) is 58.8 Å². The Morgan fingerprint density at radius 1 is 0.915 bits per heavy atom. The van der Waals surface area contributed by atoms with E-state index < -0.39 is 35.1 Å². The van der Waals surface area contributed by atoms with Gasteiger partial charge in [-0.2, -0.15) is 0 Å². The molecule has 1 unspecified atom stereocenters. The van der Waals surface area contributed by atoms with E-state index in [0.717, 1.165) is 16.6 Å². The molecule has 1 fully saturated rings. The molecule has 0 spiro atoms. The van der Waals surface area contributed by atoms with Crippen molar-refractivity contribution in [3.05, 3.63) is 65.9 Å². The zero-order valence-corrected chi connectivity index (χ0v) is 29.8. The van der Waals surface area contributed by atoms with Crippen molar-refractivity contribution in [1.29, 1.82) is 0 Å². The minimum Gasteiger partial charge on any atom is -1.00 e. The molecule has 0 bridgehead atoms. The highest BCUT2D eigenvalue weighted by atomic mass is 127. The normalized spacial score (nSPS) is 15.5. The molecule has 1 aromatic heterocycles. The Morgan fingerprint density at radius 3 is 2.13 bits per heavy atom. The van der Waals surface area contributed by atoms with Crippen LogP contribution in [0.2, 0.25) is 0 Å². The lowest BCUT2D eigenvalue weighted by atomic mass is 10.0. The number of carbonyl (C=O) groups is 4. The van der Waals surface area contributed by atoms with Crippen LogP contribution in [0.25, 0.3) is 10.8 Å². The number of aromatic nitrogens is 1. The van der Waals surface area contributed by atoms with Crippen molar-refractivity contribution in [2.24, 2.45) is 13.0 Å². The summed E-state index contributed by atoms with van der Waals surface area (Å²) in [5.41, 5.74) is -0.953. The van der Waals surface area contributed by atoms with E-state index in [9.17, 15) is 19.2 Å². The van der Waals surface area contributed by atoms with Crippen LogP contribution in [0.1, 0.15) is 62.3 Å². The van der Waals surface area contributed by atoms with Gasteiger partial charge in [-0.3, -0.25) is 14.9 Å². The molecule has 0 radical (unpaired) electrons. The molecule has 2 aliphatic heterocycles. The molecule has 12 nitrogen and oxygen atoms in total. The number of halogens is 1. The summed E-state index contributed by atoms with van der Waals surface area (Å²) >= 11 is 0. The van der Waals surface area contributed by atoms with Gasteiger partial charge < -0.3 is 43.1 Å². The number of ether oxygens (including phenoxy) is 3. The summed E-state index contributed by atoms with van der Waals surface area (Å²) in [4.78, 5) is 58.4. The lowest BCUT2D eigenvalue weighted by molar-refractivity contribution is -0.655. The van der Waals surface area contributed by atoms with Gasteiger partial charge in [-0.15, -0.1) is 5.06 Å². The fraction of sp³-hybridized carbons (Fsp3) is 0.441. The van der Waals surface area contributed by atoms with Crippen LogP contribution in [0.4, 0.5) is 10.6 Å². The Morgan fingerprint density at radius 2 is 1.53 bits per heavy atom. The minimum atomic E-state index is -1.39. The number of nitrogens with one attached hydrogen (secondary N) is 1. The number of hydroxylamine groups is 2. The molecule has 5 rings (SSSR count). The molecule has 2 aliphatic rings. The molecule has 47 heavy (non-hydrogen) atoms. The molecule has 2 aromatic carbocycles. The quantitative estimate of drug-likeness (QED) is 0.149. The smallest absolute Gasteiger partial charge is 0.410 e. The van der Waals surface area contributed by atoms with Crippen molar-refractivity contribution in [2.75, 3.05) is 31.6 Å². The van der Waals surface area contributed by atoms with Crippen LogP contribution in [0, 0.1) is 5.92 Å². The molecule has 0 saturated carbocycles. The number of carbonyl (C=O) groups excluding carboxylic acids is 4. The van der Waals surface area contributed by atoms with Gasteiger partial charge >= 0.3 is 12.1 Å². The Bertz CT molecular complexity index is 1640. The SMILES string of the molecule is C[n+]1cc2cc(OCC(ON3C(=O)c4ccccc4C3=O)C(=O)OC(C)(C)C)ccc2cc1NCC1CN(C(=O)OC(C)(C)C)C1.[I-]. The number of imide groups is 1. The molecule has 0 aliphatic carbocycles. The summed E-state index contributed by atoms with van der Waals surface area (Å²) in [6.45, 7) is 12.4. The van der Waals surface area contributed by atoms with Crippen LogP contribution in [0.5, 0.6) is 5.75 Å². The van der Waals surface area contributed by atoms with Crippen molar-refractivity contribution in [3.8, 4) is 5.75 Å². The topological polar surface area (TPSA) is 128 Å². The third-order valence-electron chi connectivity index (χ3n) is 7.30. The van der Waals surface area contributed by atoms with E-state index in [1.54, 1.807) is 43.9 Å². The highest BCUT2D eigenvalue weighted by Gasteiger charge is 2.41. The van der Waals surface area contributed by atoms with Gasteiger partial charge in [0.25, 0.3) is 17.6 Å². The van der Waals surface area contributed by atoms with Crippen molar-refractivity contribution in [3.63, 3.8) is 0 Å². The molecular formula is C34H41IN4O8. The van der Waals surface area contributed by atoms with Gasteiger partial charge in [0, 0.05) is 30.5 Å². The molecule has 3 aromatic rings. The van der Waals surface area contributed by atoms with Crippen LogP contribution in [-0.4, -0.2) is 77.4 Å². The van der Waals surface area contributed by atoms with Gasteiger partial charge in [0.1, 0.15) is 23.6 Å². The molecule has 3 amide bonds. The maximum atomic E-state index is 13.1. The van der Waals surface area contributed by atoms with E-state index in [2.05, 4.69) is 5.32 Å². The fourth-order valence-electron chi connectivity index (χ4n) is 5.08.